The van der Waals surface area contributed by atoms with Crippen LogP contribution in [-0.2, 0) is 4.79 Å². The average molecular weight is 428 g/mol. The summed E-state index contributed by atoms with van der Waals surface area (Å²) < 4.78 is 32.8. The van der Waals surface area contributed by atoms with Gasteiger partial charge in [-0.25, -0.2) is 8.78 Å². The number of hydrogen-bond acceptors (Lipinski definition) is 3. The molecule has 2 rings (SSSR count). The monoisotopic (exact) mass is 428 g/mol. The van der Waals surface area contributed by atoms with Gasteiger partial charge in [-0.15, -0.1) is 0 Å². The molecular formula is C16H11F2IN2O2. The molecule has 4 nitrogen and oxygen atoms in total. The third-order valence-corrected chi connectivity index (χ3v) is 3.61. The van der Waals surface area contributed by atoms with E-state index in [0.29, 0.717) is 11.8 Å². The maximum Gasteiger partial charge on any atom is 0.259 e. The van der Waals surface area contributed by atoms with Gasteiger partial charge in [0.1, 0.15) is 23.4 Å². The lowest BCUT2D eigenvalue weighted by molar-refractivity contribution is -0.123. The molecule has 7 heteroatoms. The first-order valence-electron chi connectivity index (χ1n) is 6.52. The molecule has 1 unspecified atom stereocenters. The third kappa shape index (κ3) is 4.89. The van der Waals surface area contributed by atoms with E-state index in [1.54, 1.807) is 18.2 Å². The molecule has 2 aromatic carbocycles. The van der Waals surface area contributed by atoms with Crippen LogP contribution < -0.4 is 10.1 Å². The van der Waals surface area contributed by atoms with Gasteiger partial charge in [-0.2, -0.15) is 5.26 Å². The number of carbonyl (C=O) groups is 1. The van der Waals surface area contributed by atoms with Crippen molar-refractivity contribution < 1.29 is 18.3 Å². The van der Waals surface area contributed by atoms with E-state index in [1.807, 2.05) is 12.1 Å². The van der Waals surface area contributed by atoms with E-state index in [-0.39, 0.29) is 12.2 Å². The number of rotatable bonds is 5. The molecule has 23 heavy (non-hydrogen) atoms. The summed E-state index contributed by atoms with van der Waals surface area (Å²) in [6, 6.07) is 10.4. The van der Waals surface area contributed by atoms with Gasteiger partial charge < -0.3 is 10.1 Å². The molecule has 1 amide bonds. The molecule has 0 aliphatic rings. The zero-order chi connectivity index (χ0) is 16.8. The van der Waals surface area contributed by atoms with E-state index in [4.69, 9.17) is 10.00 Å². The first-order valence-corrected chi connectivity index (χ1v) is 7.60. The molecule has 1 N–H and O–H groups in total. The van der Waals surface area contributed by atoms with Crippen LogP contribution in [0.3, 0.4) is 0 Å². The second-order valence-corrected chi connectivity index (χ2v) is 5.78. The van der Waals surface area contributed by atoms with Crippen LogP contribution in [0.5, 0.6) is 5.75 Å². The van der Waals surface area contributed by atoms with Crippen LogP contribution in [0.15, 0.2) is 42.5 Å². The van der Waals surface area contributed by atoms with E-state index in [1.165, 1.54) is 0 Å². The van der Waals surface area contributed by atoms with Crippen molar-refractivity contribution in [1.82, 2.24) is 5.32 Å². The Morgan fingerprint density at radius 3 is 2.57 bits per heavy atom. The van der Waals surface area contributed by atoms with Crippen molar-refractivity contribution in [2.45, 2.75) is 6.04 Å². The summed E-state index contributed by atoms with van der Waals surface area (Å²) in [5.41, 5.74) is -0.100. The normalized spacial score (nSPS) is 11.4. The van der Waals surface area contributed by atoms with Gasteiger partial charge in [-0.3, -0.25) is 4.79 Å². The molecule has 0 radical (unpaired) electrons. The van der Waals surface area contributed by atoms with Gasteiger partial charge in [-0.1, -0.05) is 6.07 Å². The Kier molecular flexibility index (Phi) is 5.87. The first kappa shape index (κ1) is 17.1. The Balaban J connectivity index is 1.97. The van der Waals surface area contributed by atoms with Crippen LogP contribution in [0.2, 0.25) is 0 Å². The second kappa shape index (κ2) is 7.87. The largest absolute Gasteiger partial charge is 0.484 e. The molecule has 118 valence electrons. The topological polar surface area (TPSA) is 62.1 Å². The quantitative estimate of drug-likeness (QED) is 0.744. The Labute approximate surface area is 145 Å². The minimum atomic E-state index is -1.22. The highest BCUT2D eigenvalue weighted by Gasteiger charge is 2.18. The molecule has 0 spiro atoms. The third-order valence-electron chi connectivity index (χ3n) is 2.89. The molecule has 0 fully saturated rings. The van der Waals surface area contributed by atoms with Crippen molar-refractivity contribution in [3.8, 4) is 11.8 Å². The lowest BCUT2D eigenvalue weighted by atomic mass is 10.1. The van der Waals surface area contributed by atoms with Gasteiger partial charge in [0.05, 0.1) is 6.07 Å². The first-order chi connectivity index (χ1) is 11.0. The highest BCUT2D eigenvalue weighted by atomic mass is 127. The van der Waals surface area contributed by atoms with Crippen molar-refractivity contribution in [3.05, 3.63) is 63.2 Å². The van der Waals surface area contributed by atoms with Gasteiger partial charge >= 0.3 is 0 Å². The molecule has 0 aliphatic heterocycles. The van der Waals surface area contributed by atoms with Crippen molar-refractivity contribution in [1.29, 1.82) is 5.26 Å². The van der Waals surface area contributed by atoms with Crippen molar-refractivity contribution >= 4 is 28.5 Å². The van der Waals surface area contributed by atoms with Crippen LogP contribution in [0.4, 0.5) is 8.78 Å². The lowest BCUT2D eigenvalue weighted by Crippen LogP contribution is -2.32. The zero-order valence-corrected chi connectivity index (χ0v) is 13.9. The van der Waals surface area contributed by atoms with Crippen molar-refractivity contribution in [2.24, 2.45) is 0 Å². The predicted molar refractivity (Wildman–Crippen MR) is 87.5 cm³/mol. The van der Waals surface area contributed by atoms with Crippen LogP contribution in [0.25, 0.3) is 0 Å². The van der Waals surface area contributed by atoms with Crippen LogP contribution in [0, 0.1) is 26.5 Å². The second-order valence-electron chi connectivity index (χ2n) is 4.54. The van der Waals surface area contributed by atoms with Crippen molar-refractivity contribution in [2.75, 3.05) is 6.61 Å². The van der Waals surface area contributed by atoms with Crippen LogP contribution in [-0.4, -0.2) is 12.5 Å². The molecule has 0 saturated carbocycles. The summed E-state index contributed by atoms with van der Waals surface area (Å²) in [7, 11) is 0. The molecule has 1 atom stereocenters. The SMILES string of the molecule is N#CC(NC(=O)COc1ccc(I)cc1)c1ccc(F)cc1F. The van der Waals surface area contributed by atoms with E-state index in [2.05, 4.69) is 27.9 Å². The van der Waals surface area contributed by atoms with Gasteiger partial charge in [0.25, 0.3) is 5.91 Å². The highest BCUT2D eigenvalue weighted by molar-refractivity contribution is 14.1. The predicted octanol–water partition coefficient (Wildman–Crippen LogP) is 3.33. The number of benzene rings is 2. The fourth-order valence-corrected chi connectivity index (χ4v) is 2.16. The lowest BCUT2D eigenvalue weighted by Gasteiger charge is -2.13. The van der Waals surface area contributed by atoms with Gasteiger partial charge in [0, 0.05) is 15.2 Å². The number of nitriles is 1. The minimum absolute atomic E-state index is 0.100. The number of nitrogens with zero attached hydrogens (tertiary/aromatic N) is 1. The summed E-state index contributed by atoms with van der Waals surface area (Å²) in [6.07, 6.45) is 0. The maximum atomic E-state index is 13.7. The van der Waals surface area contributed by atoms with Gasteiger partial charge in [-0.05, 0) is 52.9 Å². The summed E-state index contributed by atoms with van der Waals surface area (Å²) in [6.45, 7) is -0.318. The Bertz CT molecular complexity index is 745. The summed E-state index contributed by atoms with van der Waals surface area (Å²) >= 11 is 2.14. The standard InChI is InChI=1S/C16H11F2IN2O2/c17-10-1-6-13(14(18)7-10)15(8-20)21-16(22)9-23-12-4-2-11(19)3-5-12/h1-7,15H,9H2,(H,21,22). The number of halogens is 3. The Morgan fingerprint density at radius 1 is 1.26 bits per heavy atom. The number of carbonyl (C=O) groups excluding carboxylic acids is 1. The van der Waals surface area contributed by atoms with E-state index < -0.39 is 23.6 Å². The van der Waals surface area contributed by atoms with E-state index in [0.717, 1.165) is 15.7 Å². The molecular weight excluding hydrogens is 417 g/mol. The van der Waals surface area contributed by atoms with Crippen LogP contribution in [0.1, 0.15) is 11.6 Å². The smallest absolute Gasteiger partial charge is 0.259 e. The maximum absolute atomic E-state index is 13.7. The Morgan fingerprint density at radius 2 is 1.96 bits per heavy atom. The van der Waals surface area contributed by atoms with Gasteiger partial charge in [0.2, 0.25) is 0 Å². The van der Waals surface area contributed by atoms with Crippen LogP contribution >= 0.6 is 22.6 Å². The summed E-state index contributed by atoms with van der Waals surface area (Å²) in [5, 5.41) is 11.4. The Hall–Kier alpha value is -2.21. The minimum Gasteiger partial charge on any atom is -0.484 e. The fraction of sp³-hybridized carbons (Fsp3) is 0.125. The van der Waals surface area contributed by atoms with E-state index >= 15 is 0 Å². The summed E-state index contributed by atoms with van der Waals surface area (Å²) in [4.78, 5) is 11.8. The number of nitrogens with one attached hydrogen (secondary N) is 1. The molecule has 0 bridgehead atoms. The molecule has 0 heterocycles. The van der Waals surface area contributed by atoms with Gasteiger partial charge in [0.15, 0.2) is 6.61 Å². The molecule has 0 aliphatic carbocycles. The molecule has 2 aromatic rings. The average Bonchev–Trinajstić information content (AvgIpc) is 2.52. The number of ether oxygens (including phenoxy) is 1. The fourth-order valence-electron chi connectivity index (χ4n) is 1.80. The van der Waals surface area contributed by atoms with Crippen molar-refractivity contribution in [3.63, 3.8) is 0 Å². The zero-order valence-electron chi connectivity index (χ0n) is 11.7. The number of hydrogen-bond donors (Lipinski definition) is 1. The molecule has 0 aromatic heterocycles. The summed E-state index contributed by atoms with van der Waals surface area (Å²) in [5.74, 6) is -1.73. The highest BCUT2D eigenvalue weighted by Crippen LogP contribution is 2.18. The molecule has 0 saturated heterocycles. The van der Waals surface area contributed by atoms with E-state index in [9.17, 15) is 13.6 Å². The number of amides is 1.